The van der Waals surface area contributed by atoms with Gasteiger partial charge in [0.2, 0.25) is 0 Å². The number of esters is 3. The number of rotatable bonds is 22. The Bertz CT molecular complexity index is 3970. The summed E-state index contributed by atoms with van der Waals surface area (Å²) in [5, 5.41) is 49.6. The molecule has 5 aromatic carbocycles. The molecule has 0 unspecified atom stereocenters. The van der Waals surface area contributed by atoms with Crippen LogP contribution in [-0.2, 0) is 36.6 Å². The molecule has 0 fully saturated rings. The molecule has 478 valence electrons. The number of Topliss-reactive ketones (excluding diaryl/α,β-unsaturated/α-hetero) is 2. The predicted octanol–water partition coefficient (Wildman–Crippen LogP) is 13.1. The van der Waals surface area contributed by atoms with Crippen molar-refractivity contribution in [1.82, 2.24) is 15.0 Å². The highest BCUT2D eigenvalue weighted by Crippen LogP contribution is 2.32. The lowest BCUT2D eigenvalue weighted by molar-refractivity contribution is -0.156. The van der Waals surface area contributed by atoms with Gasteiger partial charge >= 0.3 is 35.8 Å². The van der Waals surface area contributed by atoms with Gasteiger partial charge in [0.1, 0.15) is 28.3 Å². The molecule has 0 saturated carbocycles. The summed E-state index contributed by atoms with van der Waals surface area (Å²) in [7, 11) is 0. The second-order valence-electron chi connectivity index (χ2n) is 22.9. The van der Waals surface area contributed by atoms with E-state index in [2.05, 4.69) is 15.0 Å². The van der Waals surface area contributed by atoms with Crippen LogP contribution in [0.3, 0.4) is 0 Å². The van der Waals surface area contributed by atoms with E-state index in [1.54, 1.807) is 188 Å². The van der Waals surface area contributed by atoms with Crippen molar-refractivity contribution in [1.29, 1.82) is 0 Å². The van der Waals surface area contributed by atoms with E-state index in [9.17, 15) is 58.8 Å². The molecule has 3 heterocycles. The first-order valence-corrected chi connectivity index (χ1v) is 29.7. The largest absolute Gasteiger partial charge is 0.479 e. The molecule has 4 atom stereocenters. The minimum atomic E-state index is -1.77. The Morgan fingerprint density at radius 2 is 0.804 bits per heavy atom. The van der Waals surface area contributed by atoms with Crippen LogP contribution >= 0.6 is 23.2 Å². The minimum Gasteiger partial charge on any atom is -0.479 e. The average molecular weight is 1290 g/mol. The molecule has 8 aromatic rings. The normalized spacial score (nSPS) is 12.4. The van der Waals surface area contributed by atoms with Crippen LogP contribution in [0.1, 0.15) is 135 Å². The summed E-state index contributed by atoms with van der Waals surface area (Å²) in [5.41, 5.74) is 4.32. The number of carboxylic acids is 3. The third kappa shape index (κ3) is 20.6. The Kier molecular flexibility index (Phi) is 25.4. The molecule has 0 aliphatic rings. The number of ether oxygens (including phenoxy) is 3. The van der Waals surface area contributed by atoms with Crippen LogP contribution in [0.15, 0.2) is 176 Å². The first-order chi connectivity index (χ1) is 43.5. The molecular formula is C71H69Cl2N3O16. The number of aliphatic hydroxyl groups is 2. The molecule has 0 amide bonds. The lowest BCUT2D eigenvalue weighted by Gasteiger charge is -2.22. The number of benzene rings is 5. The van der Waals surface area contributed by atoms with Gasteiger partial charge in [-0.25, -0.2) is 33.8 Å². The SMILES string of the molecule is CC(C)(C)OC(=O)c1ccccc1-c1ccnc(C(=O)O)c1.CCOC(=O)[C@H](O)[C@H](CC(=O)c1cc(-c2ccccc2C(=O)OC(C)(C)C)ccn1)Cc1ccccc1Cl.O=C(C[C@H](Cc1ccccc1Cl)[C@@H](O)C(=O)O)c1cc(-c2ccccc2C(=O)O)ccn1. The van der Waals surface area contributed by atoms with Crippen molar-refractivity contribution in [2.75, 3.05) is 6.61 Å². The molecule has 21 heteroatoms. The first-order valence-electron chi connectivity index (χ1n) is 28.9. The van der Waals surface area contributed by atoms with Gasteiger partial charge in [0, 0.05) is 53.3 Å². The number of hydrogen-bond donors (Lipinski definition) is 5. The van der Waals surface area contributed by atoms with Gasteiger partial charge in [0.25, 0.3) is 0 Å². The fraction of sp³-hybridized carbons (Fsp3) is 0.254. The van der Waals surface area contributed by atoms with Gasteiger partial charge in [-0.15, -0.1) is 0 Å². The van der Waals surface area contributed by atoms with E-state index in [0.29, 0.717) is 65.7 Å². The second-order valence-corrected chi connectivity index (χ2v) is 23.7. The highest BCUT2D eigenvalue weighted by molar-refractivity contribution is 6.31. The number of halogens is 2. The smallest absolute Gasteiger partial charge is 0.354 e. The van der Waals surface area contributed by atoms with Crippen molar-refractivity contribution in [3.63, 3.8) is 0 Å². The number of carbonyl (C=O) groups is 8. The molecule has 19 nitrogen and oxygen atoms in total. The van der Waals surface area contributed by atoms with Crippen molar-refractivity contribution in [2.24, 2.45) is 11.8 Å². The fourth-order valence-electron chi connectivity index (χ4n) is 9.42. The van der Waals surface area contributed by atoms with E-state index in [0.717, 1.165) is 0 Å². The summed E-state index contributed by atoms with van der Waals surface area (Å²) in [6, 6.07) is 43.6. The number of aromatic carboxylic acids is 2. The van der Waals surface area contributed by atoms with E-state index < -0.39 is 76.8 Å². The summed E-state index contributed by atoms with van der Waals surface area (Å²) >= 11 is 12.5. The Labute approximate surface area is 541 Å². The lowest BCUT2D eigenvalue weighted by Crippen LogP contribution is -2.34. The number of hydrogen-bond acceptors (Lipinski definition) is 16. The van der Waals surface area contributed by atoms with E-state index in [-0.39, 0.29) is 60.7 Å². The van der Waals surface area contributed by atoms with E-state index in [4.69, 9.17) is 42.5 Å². The van der Waals surface area contributed by atoms with Gasteiger partial charge in [0.15, 0.2) is 23.8 Å². The standard InChI is InChI=1S/C30H32ClNO6.C24H20ClNO6.C17H17NO4/c1-5-37-29(36)27(34)21(16-20-10-6-9-13-24(20)31)18-26(33)25-17-19(14-15-32-25)22-11-7-8-12-23(22)28(35)38-30(2,3)4;25-19-8-4-1-5-15(19)11-16(22(28)24(31)32)13-21(27)20-12-14(9-10-26-20)17-6-2-3-7-18(17)23(29)30;1-17(2,3)22-16(21)13-7-5-4-6-12(13)11-8-9-18-14(10-11)15(19)20/h6-15,17,21,27,34H,5,16,18H2,1-4H3;1-10,12,16,22,28H,11,13H2,(H,29,30)(H,31,32);4-10H,1-3H3,(H,19,20)/t21-,27+;16-,22+;/m00./s1. The minimum absolute atomic E-state index is 0.0458. The van der Waals surface area contributed by atoms with Crippen molar-refractivity contribution in [3.05, 3.63) is 231 Å². The molecule has 92 heavy (non-hydrogen) atoms. The van der Waals surface area contributed by atoms with Crippen LogP contribution in [0.5, 0.6) is 0 Å². The van der Waals surface area contributed by atoms with E-state index in [1.807, 2.05) is 0 Å². The predicted molar refractivity (Wildman–Crippen MR) is 345 cm³/mol. The Hall–Kier alpha value is -9.79. The molecule has 5 N–H and O–H groups in total. The molecule has 0 radical (unpaired) electrons. The number of ketones is 2. The van der Waals surface area contributed by atoms with Crippen LogP contribution in [-0.4, -0.2) is 118 Å². The van der Waals surface area contributed by atoms with Crippen molar-refractivity contribution in [2.45, 2.75) is 97.6 Å². The fourth-order valence-corrected chi connectivity index (χ4v) is 9.85. The van der Waals surface area contributed by atoms with Crippen molar-refractivity contribution < 1.29 is 78.1 Å². The molecule has 0 bridgehead atoms. The number of nitrogens with zero attached hydrogens (tertiary/aromatic N) is 3. The van der Waals surface area contributed by atoms with Gasteiger partial charge in [-0.3, -0.25) is 19.6 Å². The van der Waals surface area contributed by atoms with Crippen molar-refractivity contribution >= 4 is 70.6 Å². The third-order valence-corrected chi connectivity index (χ3v) is 14.4. The Morgan fingerprint density at radius 1 is 0.457 bits per heavy atom. The summed E-state index contributed by atoms with van der Waals surface area (Å²) in [6.07, 6.45) is 0.803. The zero-order valence-corrected chi connectivity index (χ0v) is 52.9. The number of aromatic nitrogens is 3. The third-order valence-electron chi connectivity index (χ3n) is 13.7. The summed E-state index contributed by atoms with van der Waals surface area (Å²) in [4.78, 5) is 110. The molecule has 3 aromatic heterocycles. The quantitative estimate of drug-likeness (QED) is 0.0239. The van der Waals surface area contributed by atoms with Crippen molar-refractivity contribution in [3.8, 4) is 33.4 Å². The Morgan fingerprint density at radius 3 is 1.17 bits per heavy atom. The lowest BCUT2D eigenvalue weighted by atomic mass is 9.88. The second kappa shape index (κ2) is 32.8. The van der Waals surface area contributed by atoms with Crippen LogP contribution in [0.25, 0.3) is 33.4 Å². The van der Waals surface area contributed by atoms with Gasteiger partial charge in [-0.05, 0) is 173 Å². The molecule has 0 saturated heterocycles. The maximum Gasteiger partial charge on any atom is 0.354 e. The molecule has 0 aliphatic heterocycles. The van der Waals surface area contributed by atoms with Crippen LogP contribution in [0.2, 0.25) is 10.0 Å². The van der Waals surface area contributed by atoms with Crippen LogP contribution < -0.4 is 0 Å². The molecular weight excluding hydrogens is 1220 g/mol. The Balaban J connectivity index is 0.000000227. The number of pyridine rings is 3. The zero-order valence-electron chi connectivity index (χ0n) is 51.4. The topological polar surface area (TPSA) is 304 Å². The van der Waals surface area contributed by atoms with Crippen LogP contribution in [0, 0.1) is 11.8 Å². The monoisotopic (exact) mass is 1290 g/mol. The highest BCUT2D eigenvalue weighted by Gasteiger charge is 2.33. The average Bonchev–Trinajstić information content (AvgIpc) is 2.50. The van der Waals surface area contributed by atoms with Crippen LogP contribution in [0.4, 0.5) is 0 Å². The maximum atomic E-state index is 13.4. The molecule has 0 spiro atoms. The van der Waals surface area contributed by atoms with E-state index >= 15 is 0 Å². The highest BCUT2D eigenvalue weighted by atomic mass is 35.5. The number of aliphatic carboxylic acids is 1. The maximum absolute atomic E-state index is 13.4. The van der Waals surface area contributed by atoms with Gasteiger partial charge < -0.3 is 39.7 Å². The molecule has 8 rings (SSSR count). The van der Waals surface area contributed by atoms with Gasteiger partial charge in [-0.2, -0.15) is 0 Å². The number of carbonyl (C=O) groups excluding carboxylic acids is 5. The summed E-state index contributed by atoms with van der Waals surface area (Å²) in [6.45, 7) is 12.5. The summed E-state index contributed by atoms with van der Waals surface area (Å²) in [5.74, 6) is -7.95. The van der Waals surface area contributed by atoms with Gasteiger partial charge in [-0.1, -0.05) is 114 Å². The summed E-state index contributed by atoms with van der Waals surface area (Å²) < 4.78 is 15.9. The van der Waals surface area contributed by atoms with Gasteiger partial charge in [0.05, 0.1) is 23.3 Å². The molecule has 0 aliphatic carbocycles. The first kappa shape index (κ1) is 71.3. The number of aliphatic hydroxyl groups excluding tert-OH is 2. The zero-order chi connectivity index (χ0) is 67.5. The van der Waals surface area contributed by atoms with E-state index in [1.165, 1.54) is 36.8 Å². The number of carboxylic acid groups (broad SMARTS) is 3.